The van der Waals surface area contributed by atoms with Gasteiger partial charge in [0.2, 0.25) is 5.91 Å². The summed E-state index contributed by atoms with van der Waals surface area (Å²) in [7, 11) is 0. The second-order valence-corrected chi connectivity index (χ2v) is 6.86. The van der Waals surface area contributed by atoms with Crippen LogP contribution in [0.15, 0.2) is 0 Å². The van der Waals surface area contributed by atoms with Gasteiger partial charge >= 0.3 is 6.03 Å². The topological polar surface area (TPSA) is 90.5 Å². The second-order valence-electron chi connectivity index (χ2n) is 6.86. The van der Waals surface area contributed by atoms with Crippen molar-refractivity contribution >= 4 is 17.8 Å². The first-order valence-corrected chi connectivity index (χ1v) is 8.08. The van der Waals surface area contributed by atoms with Gasteiger partial charge in [0.15, 0.2) is 0 Å². The number of hydrogen-bond acceptors (Lipinski definition) is 4. The maximum Gasteiger partial charge on any atom is 0.325 e. The molecule has 7 heteroatoms. The van der Waals surface area contributed by atoms with E-state index in [-0.39, 0.29) is 36.4 Å². The number of carbonyl (C=O) groups is 3. The third kappa shape index (κ3) is 2.69. The van der Waals surface area contributed by atoms with Crippen molar-refractivity contribution in [2.75, 3.05) is 13.1 Å². The van der Waals surface area contributed by atoms with Gasteiger partial charge in [0.05, 0.1) is 0 Å². The van der Waals surface area contributed by atoms with Gasteiger partial charge in [-0.25, -0.2) is 4.79 Å². The third-order valence-corrected chi connectivity index (χ3v) is 5.10. The molecule has 0 spiro atoms. The molecular formula is C15H24N4O3. The highest BCUT2D eigenvalue weighted by atomic mass is 16.2. The van der Waals surface area contributed by atoms with E-state index in [4.69, 9.17) is 0 Å². The summed E-state index contributed by atoms with van der Waals surface area (Å²) >= 11 is 0. The summed E-state index contributed by atoms with van der Waals surface area (Å²) in [4.78, 5) is 37.7. The van der Waals surface area contributed by atoms with Crippen LogP contribution in [0.3, 0.4) is 0 Å². The summed E-state index contributed by atoms with van der Waals surface area (Å²) in [6.45, 7) is 4.55. The molecule has 0 aromatic rings. The van der Waals surface area contributed by atoms with Crippen molar-refractivity contribution in [3.05, 3.63) is 0 Å². The van der Waals surface area contributed by atoms with Crippen molar-refractivity contribution in [2.24, 2.45) is 5.92 Å². The molecule has 22 heavy (non-hydrogen) atoms. The van der Waals surface area contributed by atoms with E-state index in [1.807, 2.05) is 6.92 Å². The molecule has 2 aliphatic heterocycles. The number of rotatable bonds is 4. The summed E-state index contributed by atoms with van der Waals surface area (Å²) < 4.78 is 0. The summed E-state index contributed by atoms with van der Waals surface area (Å²) in [6, 6.07) is -0.196. The first-order valence-electron chi connectivity index (χ1n) is 8.08. The minimum absolute atomic E-state index is 0.0526. The smallest absolute Gasteiger partial charge is 0.325 e. The number of carbonyl (C=O) groups excluding carboxylic acids is 3. The van der Waals surface area contributed by atoms with Crippen molar-refractivity contribution in [3.8, 4) is 0 Å². The standard InChI is InChI=1S/C15H24N4O3/c1-9-11(4-3-7-16-9)17-12(20)8-19-13(21)15(2,10-5-6-10)18-14(19)22/h9-11,16H,3-8H2,1-2H3,(H,17,20)(H,18,22). The number of hydrogen-bond donors (Lipinski definition) is 3. The maximum atomic E-state index is 12.5. The van der Waals surface area contributed by atoms with E-state index in [1.54, 1.807) is 6.92 Å². The van der Waals surface area contributed by atoms with E-state index in [0.29, 0.717) is 0 Å². The number of piperidine rings is 1. The quantitative estimate of drug-likeness (QED) is 0.636. The van der Waals surface area contributed by atoms with Crippen LogP contribution in [0, 0.1) is 5.92 Å². The molecular weight excluding hydrogens is 284 g/mol. The lowest BCUT2D eigenvalue weighted by Gasteiger charge is -2.31. The fourth-order valence-electron chi connectivity index (χ4n) is 3.43. The van der Waals surface area contributed by atoms with Crippen molar-refractivity contribution in [1.29, 1.82) is 0 Å². The molecule has 0 aromatic heterocycles. The van der Waals surface area contributed by atoms with Crippen LogP contribution in [0.5, 0.6) is 0 Å². The van der Waals surface area contributed by atoms with Gasteiger partial charge in [-0.3, -0.25) is 14.5 Å². The fraction of sp³-hybridized carbons (Fsp3) is 0.800. The van der Waals surface area contributed by atoms with Gasteiger partial charge in [0, 0.05) is 12.1 Å². The Morgan fingerprint density at radius 2 is 2.09 bits per heavy atom. The van der Waals surface area contributed by atoms with Gasteiger partial charge in [-0.15, -0.1) is 0 Å². The monoisotopic (exact) mass is 308 g/mol. The van der Waals surface area contributed by atoms with Crippen molar-refractivity contribution < 1.29 is 14.4 Å². The van der Waals surface area contributed by atoms with Crippen molar-refractivity contribution in [3.63, 3.8) is 0 Å². The molecule has 2 saturated heterocycles. The van der Waals surface area contributed by atoms with Gasteiger partial charge in [-0.05, 0) is 52.0 Å². The van der Waals surface area contributed by atoms with Gasteiger partial charge < -0.3 is 16.0 Å². The summed E-state index contributed by atoms with van der Waals surface area (Å²) in [5, 5.41) is 9.00. The van der Waals surface area contributed by atoms with Crippen molar-refractivity contribution in [2.45, 2.75) is 57.2 Å². The highest BCUT2D eigenvalue weighted by Crippen LogP contribution is 2.42. The predicted molar refractivity (Wildman–Crippen MR) is 80.0 cm³/mol. The van der Waals surface area contributed by atoms with E-state index >= 15 is 0 Å². The van der Waals surface area contributed by atoms with Crippen LogP contribution in [0.1, 0.15) is 39.5 Å². The number of imide groups is 1. The molecule has 3 fully saturated rings. The third-order valence-electron chi connectivity index (χ3n) is 5.10. The Morgan fingerprint density at radius 3 is 2.73 bits per heavy atom. The molecule has 7 nitrogen and oxygen atoms in total. The van der Waals surface area contributed by atoms with Crippen LogP contribution in [0.4, 0.5) is 4.79 Å². The van der Waals surface area contributed by atoms with Crippen LogP contribution in [0.25, 0.3) is 0 Å². The molecule has 3 unspecified atom stereocenters. The van der Waals surface area contributed by atoms with E-state index in [9.17, 15) is 14.4 Å². The average Bonchev–Trinajstić information content (AvgIpc) is 3.28. The zero-order chi connectivity index (χ0) is 15.9. The first-order chi connectivity index (χ1) is 10.4. The zero-order valence-electron chi connectivity index (χ0n) is 13.1. The molecule has 0 radical (unpaired) electrons. The zero-order valence-corrected chi connectivity index (χ0v) is 13.1. The average molecular weight is 308 g/mol. The van der Waals surface area contributed by atoms with Crippen LogP contribution in [-0.4, -0.2) is 53.5 Å². The molecule has 3 atom stereocenters. The van der Waals surface area contributed by atoms with Gasteiger partial charge in [0.1, 0.15) is 12.1 Å². The number of nitrogens with one attached hydrogen (secondary N) is 3. The predicted octanol–water partition coefficient (Wildman–Crippen LogP) is -0.0364. The minimum atomic E-state index is -0.822. The van der Waals surface area contributed by atoms with Crippen molar-refractivity contribution in [1.82, 2.24) is 20.9 Å². The molecule has 122 valence electrons. The van der Waals surface area contributed by atoms with Crippen LogP contribution in [-0.2, 0) is 9.59 Å². The molecule has 3 rings (SSSR count). The Balaban J connectivity index is 1.59. The molecule has 1 aliphatic carbocycles. The molecule has 0 aromatic carbocycles. The number of nitrogens with zero attached hydrogens (tertiary/aromatic N) is 1. The Hall–Kier alpha value is -1.63. The largest absolute Gasteiger partial charge is 0.350 e. The number of urea groups is 1. The lowest BCUT2D eigenvalue weighted by Crippen LogP contribution is -2.54. The van der Waals surface area contributed by atoms with Gasteiger partial charge in [-0.1, -0.05) is 0 Å². The van der Waals surface area contributed by atoms with Gasteiger partial charge in [0.25, 0.3) is 5.91 Å². The Kier molecular flexibility index (Phi) is 3.84. The van der Waals surface area contributed by atoms with E-state index in [1.165, 1.54) is 0 Å². The lowest BCUT2D eigenvalue weighted by molar-refractivity contribution is -0.135. The Bertz CT molecular complexity index is 505. The Morgan fingerprint density at radius 1 is 1.36 bits per heavy atom. The summed E-state index contributed by atoms with van der Waals surface area (Å²) in [6.07, 6.45) is 3.83. The molecule has 3 N–H and O–H groups in total. The Labute approximate surface area is 130 Å². The molecule has 3 aliphatic rings. The summed E-state index contributed by atoms with van der Waals surface area (Å²) in [5.41, 5.74) is -0.822. The van der Waals surface area contributed by atoms with Crippen LogP contribution in [0.2, 0.25) is 0 Å². The normalized spacial score (nSPS) is 35.5. The lowest BCUT2D eigenvalue weighted by atomic mass is 9.96. The number of amides is 4. The van der Waals surface area contributed by atoms with E-state index in [2.05, 4.69) is 16.0 Å². The molecule has 1 saturated carbocycles. The highest BCUT2D eigenvalue weighted by molar-refractivity contribution is 6.09. The molecule has 0 bridgehead atoms. The first kappa shape index (κ1) is 15.3. The molecule has 4 amide bonds. The fourth-order valence-corrected chi connectivity index (χ4v) is 3.43. The second kappa shape index (κ2) is 5.53. The van der Waals surface area contributed by atoms with E-state index < -0.39 is 11.6 Å². The highest BCUT2D eigenvalue weighted by Gasteiger charge is 2.56. The van der Waals surface area contributed by atoms with Crippen LogP contribution < -0.4 is 16.0 Å². The maximum absolute atomic E-state index is 12.5. The van der Waals surface area contributed by atoms with Gasteiger partial charge in [-0.2, -0.15) is 0 Å². The van der Waals surface area contributed by atoms with E-state index in [0.717, 1.165) is 37.1 Å². The minimum Gasteiger partial charge on any atom is -0.350 e. The van der Waals surface area contributed by atoms with Crippen LogP contribution >= 0.6 is 0 Å². The molecule has 2 heterocycles. The summed E-state index contributed by atoms with van der Waals surface area (Å²) in [5.74, 6) is -0.339. The SMILES string of the molecule is CC1NCCCC1NC(=O)CN1C(=O)NC(C)(C2CC2)C1=O.